The quantitative estimate of drug-likeness (QED) is 0.832. The van der Waals surface area contributed by atoms with Crippen molar-refractivity contribution in [3.8, 4) is 0 Å². The first-order valence-electron chi connectivity index (χ1n) is 6.94. The van der Waals surface area contributed by atoms with Crippen molar-refractivity contribution in [2.24, 2.45) is 0 Å². The topological polar surface area (TPSA) is 29.1 Å². The molecule has 3 heteroatoms. The van der Waals surface area contributed by atoms with Crippen LogP contribution >= 0.6 is 0 Å². The molecule has 0 saturated heterocycles. The van der Waals surface area contributed by atoms with Crippen molar-refractivity contribution in [2.45, 2.75) is 50.8 Å². The van der Waals surface area contributed by atoms with Crippen LogP contribution in [0, 0.1) is 0 Å². The lowest BCUT2D eigenvalue weighted by atomic mass is 9.79. The van der Waals surface area contributed by atoms with Crippen molar-refractivity contribution in [1.82, 2.24) is 5.32 Å². The normalized spacial score (nSPS) is 16.9. The maximum Gasteiger partial charge on any atom is 0.0441 e. The van der Waals surface area contributed by atoms with Gasteiger partial charge in [0.05, 0.1) is 0 Å². The predicted molar refractivity (Wildman–Crippen MR) is 85.1 cm³/mol. The molecule has 0 radical (unpaired) electrons. The van der Waals surface area contributed by atoms with E-state index in [1.54, 1.807) is 6.26 Å². The van der Waals surface area contributed by atoms with Crippen molar-refractivity contribution in [3.05, 3.63) is 35.9 Å². The molecule has 0 aliphatic rings. The van der Waals surface area contributed by atoms with Gasteiger partial charge >= 0.3 is 0 Å². The molecule has 1 N–H and O–H groups in total. The molecular weight excluding hydrogens is 254 g/mol. The molecule has 1 rings (SSSR count). The molecule has 0 aromatic heterocycles. The summed E-state index contributed by atoms with van der Waals surface area (Å²) in [7, 11) is -0.748. The zero-order valence-corrected chi connectivity index (χ0v) is 13.6. The fraction of sp³-hybridized carbons (Fsp3) is 0.625. The SMILES string of the molecule is CC(CC(C)(C)c1ccccc1)NCC(C)S(C)=O. The molecule has 0 aliphatic carbocycles. The number of rotatable bonds is 7. The molecule has 1 aromatic rings. The molecule has 3 atom stereocenters. The molecule has 19 heavy (non-hydrogen) atoms. The average Bonchev–Trinajstić information content (AvgIpc) is 2.36. The number of hydrogen-bond acceptors (Lipinski definition) is 2. The summed E-state index contributed by atoms with van der Waals surface area (Å²) in [5.74, 6) is 0. The maximum absolute atomic E-state index is 11.3. The van der Waals surface area contributed by atoms with E-state index >= 15 is 0 Å². The van der Waals surface area contributed by atoms with Gasteiger partial charge in [0.1, 0.15) is 0 Å². The predicted octanol–water partition coefficient (Wildman–Crippen LogP) is 3.10. The summed E-state index contributed by atoms with van der Waals surface area (Å²) in [6, 6.07) is 11.0. The van der Waals surface area contributed by atoms with Gasteiger partial charge in [-0.05, 0) is 31.2 Å². The molecule has 0 bridgehead atoms. The Kier molecular flexibility index (Phi) is 6.21. The summed E-state index contributed by atoms with van der Waals surface area (Å²) < 4.78 is 11.3. The van der Waals surface area contributed by atoms with Crippen LogP contribution in [0.15, 0.2) is 30.3 Å². The number of benzene rings is 1. The lowest BCUT2D eigenvalue weighted by molar-refractivity contribution is 0.390. The fourth-order valence-corrected chi connectivity index (χ4v) is 2.66. The van der Waals surface area contributed by atoms with Gasteiger partial charge in [0.2, 0.25) is 0 Å². The van der Waals surface area contributed by atoms with Crippen LogP contribution in [0.4, 0.5) is 0 Å². The number of nitrogens with one attached hydrogen (secondary N) is 1. The molecule has 0 fully saturated rings. The van der Waals surface area contributed by atoms with Crippen LogP contribution in [-0.2, 0) is 16.2 Å². The van der Waals surface area contributed by atoms with Gasteiger partial charge < -0.3 is 5.32 Å². The lowest BCUT2D eigenvalue weighted by Crippen LogP contribution is -2.37. The van der Waals surface area contributed by atoms with Crippen LogP contribution in [-0.4, -0.2) is 28.3 Å². The summed E-state index contributed by atoms with van der Waals surface area (Å²) in [6.07, 6.45) is 2.84. The molecule has 0 saturated carbocycles. The van der Waals surface area contributed by atoms with Crippen molar-refractivity contribution in [1.29, 1.82) is 0 Å². The average molecular weight is 281 g/mol. The third kappa shape index (κ3) is 5.45. The van der Waals surface area contributed by atoms with Crippen molar-refractivity contribution in [3.63, 3.8) is 0 Å². The van der Waals surface area contributed by atoms with Gasteiger partial charge in [0, 0.05) is 34.9 Å². The van der Waals surface area contributed by atoms with Crippen LogP contribution < -0.4 is 5.32 Å². The van der Waals surface area contributed by atoms with Gasteiger partial charge in [-0.2, -0.15) is 0 Å². The number of hydrogen-bond donors (Lipinski definition) is 1. The first-order valence-corrected chi connectivity index (χ1v) is 8.56. The standard InChI is InChI=1S/C16H27NOS/c1-13(17-12-14(2)19(5)18)11-16(3,4)15-9-7-6-8-10-15/h6-10,13-14,17H,11-12H2,1-5H3. The maximum atomic E-state index is 11.3. The Balaban J connectivity index is 2.52. The van der Waals surface area contributed by atoms with E-state index in [2.05, 4.69) is 56.4 Å². The van der Waals surface area contributed by atoms with Gasteiger partial charge in [-0.3, -0.25) is 4.21 Å². The first-order chi connectivity index (χ1) is 8.83. The van der Waals surface area contributed by atoms with Crippen molar-refractivity contribution >= 4 is 10.8 Å². The van der Waals surface area contributed by atoms with E-state index in [0.717, 1.165) is 13.0 Å². The van der Waals surface area contributed by atoms with E-state index in [0.29, 0.717) is 6.04 Å². The minimum Gasteiger partial charge on any atom is -0.313 e. The lowest BCUT2D eigenvalue weighted by Gasteiger charge is -2.29. The van der Waals surface area contributed by atoms with Crippen LogP contribution in [0.2, 0.25) is 0 Å². The highest BCUT2D eigenvalue weighted by atomic mass is 32.2. The Bertz CT molecular complexity index is 402. The first kappa shape index (κ1) is 16.4. The molecular formula is C16H27NOS. The summed E-state index contributed by atoms with van der Waals surface area (Å²) >= 11 is 0. The van der Waals surface area contributed by atoms with E-state index in [1.807, 2.05) is 6.92 Å². The third-order valence-corrected chi connectivity index (χ3v) is 4.99. The van der Waals surface area contributed by atoms with Gasteiger partial charge in [-0.15, -0.1) is 0 Å². The Hall–Kier alpha value is -0.670. The van der Waals surface area contributed by atoms with E-state index in [4.69, 9.17) is 0 Å². The molecule has 0 spiro atoms. The molecule has 3 unspecified atom stereocenters. The van der Waals surface area contributed by atoms with E-state index < -0.39 is 10.8 Å². The zero-order chi connectivity index (χ0) is 14.5. The monoisotopic (exact) mass is 281 g/mol. The summed E-state index contributed by atoms with van der Waals surface area (Å²) in [5.41, 5.74) is 1.53. The van der Waals surface area contributed by atoms with E-state index in [-0.39, 0.29) is 10.7 Å². The second-order valence-electron chi connectivity index (χ2n) is 6.07. The Morgan fingerprint density at radius 2 is 1.79 bits per heavy atom. The highest BCUT2D eigenvalue weighted by molar-refractivity contribution is 7.84. The van der Waals surface area contributed by atoms with Gasteiger partial charge in [0.25, 0.3) is 0 Å². The Morgan fingerprint density at radius 1 is 1.21 bits per heavy atom. The molecule has 0 amide bonds. The summed E-state index contributed by atoms with van der Waals surface area (Å²) in [6.45, 7) is 9.60. The second-order valence-corrected chi connectivity index (χ2v) is 7.87. The summed E-state index contributed by atoms with van der Waals surface area (Å²) in [5, 5.41) is 3.71. The van der Waals surface area contributed by atoms with E-state index in [1.165, 1.54) is 5.56 Å². The molecule has 0 aliphatic heterocycles. The van der Waals surface area contributed by atoms with Crippen LogP contribution in [0.3, 0.4) is 0 Å². The van der Waals surface area contributed by atoms with Gasteiger partial charge in [-0.1, -0.05) is 44.2 Å². The minimum atomic E-state index is -0.748. The smallest absolute Gasteiger partial charge is 0.0441 e. The Morgan fingerprint density at radius 3 is 2.32 bits per heavy atom. The van der Waals surface area contributed by atoms with Gasteiger partial charge in [-0.25, -0.2) is 0 Å². The molecule has 1 aromatic carbocycles. The van der Waals surface area contributed by atoms with Gasteiger partial charge in [0.15, 0.2) is 0 Å². The van der Waals surface area contributed by atoms with Crippen LogP contribution in [0.5, 0.6) is 0 Å². The fourth-order valence-electron chi connectivity index (χ4n) is 2.33. The van der Waals surface area contributed by atoms with Crippen LogP contribution in [0.25, 0.3) is 0 Å². The summed E-state index contributed by atoms with van der Waals surface area (Å²) in [4.78, 5) is 0. The second kappa shape index (κ2) is 7.20. The van der Waals surface area contributed by atoms with Crippen molar-refractivity contribution < 1.29 is 4.21 Å². The largest absolute Gasteiger partial charge is 0.313 e. The van der Waals surface area contributed by atoms with Crippen LogP contribution in [0.1, 0.15) is 39.7 Å². The minimum absolute atomic E-state index is 0.155. The third-order valence-electron chi connectivity index (χ3n) is 3.69. The zero-order valence-electron chi connectivity index (χ0n) is 12.8. The molecule has 2 nitrogen and oxygen atoms in total. The van der Waals surface area contributed by atoms with E-state index in [9.17, 15) is 4.21 Å². The molecule has 0 heterocycles. The molecule has 108 valence electrons. The highest BCUT2D eigenvalue weighted by Crippen LogP contribution is 2.28. The Labute approximate surface area is 120 Å². The highest BCUT2D eigenvalue weighted by Gasteiger charge is 2.23. The van der Waals surface area contributed by atoms with Crippen molar-refractivity contribution in [2.75, 3.05) is 12.8 Å².